The molecule has 1 amide bonds. The summed E-state index contributed by atoms with van der Waals surface area (Å²) in [5.41, 5.74) is 1.45. The standard InChI is InChI=1S/C21H23ClN2O5/c1-13-3-5-15(8-23-13)29-16-11-27-19-9-24(10-20(19)28-12-16)21(25)14-4-6-18(26-2)17(22)7-14/h3-8,16,19-20H,9-12H2,1-2H3/t19-,20-/m0/s1. The van der Waals surface area contributed by atoms with E-state index in [4.69, 9.17) is 30.5 Å². The number of methoxy groups -OCH3 is 1. The Balaban J connectivity index is 1.35. The van der Waals surface area contributed by atoms with Crippen LogP contribution in [-0.2, 0) is 9.47 Å². The summed E-state index contributed by atoms with van der Waals surface area (Å²) in [6.45, 7) is 3.64. The summed E-state index contributed by atoms with van der Waals surface area (Å²) in [5.74, 6) is 1.12. The van der Waals surface area contributed by atoms with Crippen LogP contribution in [0.25, 0.3) is 0 Å². The van der Waals surface area contributed by atoms with Gasteiger partial charge in [0, 0.05) is 24.3 Å². The minimum Gasteiger partial charge on any atom is -0.495 e. The third kappa shape index (κ3) is 4.47. The number of hydrogen-bond donors (Lipinski definition) is 0. The van der Waals surface area contributed by atoms with Gasteiger partial charge in [-0.1, -0.05) is 11.6 Å². The third-order valence-electron chi connectivity index (χ3n) is 5.08. The first-order chi connectivity index (χ1) is 14.0. The molecule has 2 aliphatic heterocycles. The zero-order valence-corrected chi connectivity index (χ0v) is 17.1. The summed E-state index contributed by atoms with van der Waals surface area (Å²) >= 11 is 6.15. The smallest absolute Gasteiger partial charge is 0.254 e. The average molecular weight is 419 g/mol. The fraction of sp³-hybridized carbons (Fsp3) is 0.429. The lowest BCUT2D eigenvalue weighted by atomic mass is 10.2. The highest BCUT2D eigenvalue weighted by molar-refractivity contribution is 6.32. The molecule has 154 valence electrons. The molecule has 2 fully saturated rings. The number of likely N-dealkylation sites (tertiary alicyclic amines) is 1. The average Bonchev–Trinajstić information content (AvgIpc) is 3.05. The van der Waals surface area contributed by atoms with Gasteiger partial charge in [-0.2, -0.15) is 0 Å². The van der Waals surface area contributed by atoms with Gasteiger partial charge in [-0.25, -0.2) is 0 Å². The van der Waals surface area contributed by atoms with Crippen LogP contribution in [0.15, 0.2) is 36.5 Å². The van der Waals surface area contributed by atoms with Crippen LogP contribution in [-0.4, -0.2) is 67.5 Å². The van der Waals surface area contributed by atoms with E-state index in [2.05, 4.69) is 4.98 Å². The van der Waals surface area contributed by atoms with Crippen molar-refractivity contribution in [2.75, 3.05) is 33.4 Å². The van der Waals surface area contributed by atoms with Crippen LogP contribution in [0.3, 0.4) is 0 Å². The highest BCUT2D eigenvalue weighted by Gasteiger charge is 2.40. The Morgan fingerprint density at radius 3 is 2.48 bits per heavy atom. The van der Waals surface area contributed by atoms with Crippen molar-refractivity contribution in [2.45, 2.75) is 25.2 Å². The first-order valence-corrected chi connectivity index (χ1v) is 9.86. The molecule has 1 aromatic carbocycles. The Hall–Kier alpha value is -2.35. The number of nitrogens with zero attached hydrogens (tertiary/aromatic N) is 2. The van der Waals surface area contributed by atoms with Crippen molar-refractivity contribution in [1.29, 1.82) is 0 Å². The number of carbonyl (C=O) groups excluding carboxylic acids is 1. The maximum atomic E-state index is 12.8. The molecule has 29 heavy (non-hydrogen) atoms. The minimum absolute atomic E-state index is 0.103. The molecule has 2 atom stereocenters. The van der Waals surface area contributed by atoms with E-state index in [1.807, 2.05) is 19.1 Å². The predicted molar refractivity (Wildman–Crippen MR) is 107 cm³/mol. The largest absolute Gasteiger partial charge is 0.495 e. The first kappa shape index (κ1) is 19.9. The Bertz CT molecular complexity index is 860. The molecule has 0 unspecified atom stereocenters. The van der Waals surface area contributed by atoms with Crippen LogP contribution in [0, 0.1) is 6.92 Å². The number of aryl methyl sites for hydroxylation is 1. The van der Waals surface area contributed by atoms with E-state index in [1.54, 1.807) is 29.3 Å². The highest BCUT2D eigenvalue weighted by atomic mass is 35.5. The van der Waals surface area contributed by atoms with E-state index in [-0.39, 0.29) is 24.2 Å². The second-order valence-corrected chi connectivity index (χ2v) is 7.59. The molecular weight excluding hydrogens is 396 g/mol. The fourth-order valence-corrected chi connectivity index (χ4v) is 3.76. The van der Waals surface area contributed by atoms with Crippen molar-refractivity contribution in [3.05, 3.63) is 52.8 Å². The molecule has 0 aliphatic carbocycles. The van der Waals surface area contributed by atoms with Crippen molar-refractivity contribution in [2.24, 2.45) is 0 Å². The number of benzene rings is 1. The maximum Gasteiger partial charge on any atom is 0.254 e. The Morgan fingerprint density at radius 1 is 1.17 bits per heavy atom. The molecular formula is C21H23ClN2O5. The number of amides is 1. The normalized spacial score (nSPS) is 22.1. The van der Waals surface area contributed by atoms with Crippen LogP contribution >= 0.6 is 11.6 Å². The van der Waals surface area contributed by atoms with E-state index in [9.17, 15) is 4.79 Å². The van der Waals surface area contributed by atoms with Crippen molar-refractivity contribution < 1.29 is 23.7 Å². The molecule has 2 aromatic rings. The van der Waals surface area contributed by atoms with Gasteiger partial charge >= 0.3 is 0 Å². The number of hydrogen-bond acceptors (Lipinski definition) is 6. The molecule has 3 heterocycles. The third-order valence-corrected chi connectivity index (χ3v) is 5.38. The maximum absolute atomic E-state index is 12.8. The van der Waals surface area contributed by atoms with Gasteiger partial charge in [0.05, 0.1) is 31.5 Å². The van der Waals surface area contributed by atoms with Gasteiger partial charge in [0.2, 0.25) is 0 Å². The predicted octanol–water partition coefficient (Wildman–Crippen LogP) is 2.74. The van der Waals surface area contributed by atoms with E-state index >= 15 is 0 Å². The SMILES string of the molecule is COc1ccc(C(=O)N2C[C@@H]3OCC(Oc4ccc(C)nc4)CO[C@H]3C2)cc1Cl. The van der Waals surface area contributed by atoms with Gasteiger partial charge in [0.25, 0.3) is 5.91 Å². The van der Waals surface area contributed by atoms with E-state index in [0.717, 1.165) is 5.69 Å². The number of fused-ring (bicyclic) bond motifs is 1. The summed E-state index contributed by atoms with van der Waals surface area (Å²) in [4.78, 5) is 18.8. The molecule has 2 saturated heterocycles. The molecule has 4 rings (SSSR count). The second kappa shape index (κ2) is 8.57. The quantitative estimate of drug-likeness (QED) is 0.760. The molecule has 0 bridgehead atoms. The van der Waals surface area contributed by atoms with Crippen molar-refractivity contribution in [3.63, 3.8) is 0 Å². The van der Waals surface area contributed by atoms with Gasteiger partial charge in [-0.15, -0.1) is 0 Å². The number of ether oxygens (including phenoxy) is 4. The molecule has 2 aliphatic rings. The highest BCUT2D eigenvalue weighted by Crippen LogP contribution is 2.28. The topological polar surface area (TPSA) is 70.1 Å². The van der Waals surface area contributed by atoms with Crippen LogP contribution in [0.1, 0.15) is 16.1 Å². The van der Waals surface area contributed by atoms with Gasteiger partial charge in [0.1, 0.15) is 29.8 Å². The van der Waals surface area contributed by atoms with E-state index in [0.29, 0.717) is 48.4 Å². The van der Waals surface area contributed by atoms with Crippen LogP contribution < -0.4 is 9.47 Å². The van der Waals surface area contributed by atoms with Gasteiger partial charge in [-0.3, -0.25) is 9.78 Å². The number of carbonyl (C=O) groups is 1. The Morgan fingerprint density at radius 2 is 1.90 bits per heavy atom. The van der Waals surface area contributed by atoms with Crippen molar-refractivity contribution in [1.82, 2.24) is 9.88 Å². The number of rotatable bonds is 4. The molecule has 1 aromatic heterocycles. The fourth-order valence-electron chi connectivity index (χ4n) is 3.51. The van der Waals surface area contributed by atoms with Crippen LogP contribution in [0.5, 0.6) is 11.5 Å². The Kier molecular flexibility index (Phi) is 5.89. The summed E-state index contributed by atoms with van der Waals surface area (Å²) in [6, 6.07) is 8.81. The molecule has 0 radical (unpaired) electrons. The summed E-state index contributed by atoms with van der Waals surface area (Å²) in [5, 5.41) is 0.407. The van der Waals surface area contributed by atoms with Crippen LogP contribution in [0.4, 0.5) is 0 Å². The number of halogens is 1. The molecule has 0 N–H and O–H groups in total. The minimum atomic E-state index is -0.213. The number of aromatic nitrogens is 1. The first-order valence-electron chi connectivity index (χ1n) is 9.49. The summed E-state index contributed by atoms with van der Waals surface area (Å²) < 4.78 is 23.1. The molecule has 0 spiro atoms. The molecule has 0 saturated carbocycles. The van der Waals surface area contributed by atoms with Crippen LogP contribution in [0.2, 0.25) is 5.02 Å². The second-order valence-electron chi connectivity index (χ2n) is 7.18. The number of pyridine rings is 1. The van der Waals surface area contributed by atoms with Gasteiger partial charge in [-0.05, 0) is 37.3 Å². The zero-order valence-electron chi connectivity index (χ0n) is 16.3. The Labute approximate surface area is 174 Å². The molecule has 8 heteroatoms. The molecule has 7 nitrogen and oxygen atoms in total. The van der Waals surface area contributed by atoms with Crippen molar-refractivity contribution in [3.8, 4) is 11.5 Å². The lowest BCUT2D eigenvalue weighted by Gasteiger charge is -2.20. The van der Waals surface area contributed by atoms with Gasteiger partial charge in [0.15, 0.2) is 0 Å². The lowest BCUT2D eigenvalue weighted by Crippen LogP contribution is -2.32. The lowest BCUT2D eigenvalue weighted by molar-refractivity contribution is -0.00461. The van der Waals surface area contributed by atoms with E-state index in [1.165, 1.54) is 7.11 Å². The van der Waals surface area contributed by atoms with Gasteiger partial charge < -0.3 is 23.8 Å². The van der Waals surface area contributed by atoms with E-state index < -0.39 is 0 Å². The monoisotopic (exact) mass is 418 g/mol. The van der Waals surface area contributed by atoms with Crippen molar-refractivity contribution >= 4 is 17.5 Å². The summed E-state index contributed by atoms with van der Waals surface area (Å²) in [6.07, 6.45) is 1.12. The summed E-state index contributed by atoms with van der Waals surface area (Å²) in [7, 11) is 1.54. The zero-order chi connectivity index (χ0) is 20.4.